The van der Waals surface area contributed by atoms with Crippen molar-refractivity contribution in [1.29, 1.82) is 0 Å². The van der Waals surface area contributed by atoms with E-state index in [1.54, 1.807) is 38.2 Å². The average Bonchev–Trinajstić information content (AvgIpc) is 0.849. The van der Waals surface area contributed by atoms with Crippen LogP contribution in [0.2, 0.25) is 0 Å². The Bertz CT molecular complexity index is 2930. The molecule has 0 aromatic carbocycles. The number of ether oxygens (including phenoxy) is 4. The van der Waals surface area contributed by atoms with Crippen LogP contribution in [0.1, 0.15) is 148 Å². The Morgan fingerprint density at radius 2 is 0.698 bits per heavy atom. The van der Waals surface area contributed by atoms with Gasteiger partial charge in [0.15, 0.2) is 12.2 Å². The fourth-order valence-electron chi connectivity index (χ4n) is 11.8. The maximum atomic E-state index is 13.8. The Kier molecular flexibility index (Phi) is 37.3. The molecule has 526 valence electrons. The molecule has 4 aliphatic rings. The Hall–Kier alpha value is -7.04. The number of carbonyl (C=O) groups excluding carboxylic acids is 4. The van der Waals surface area contributed by atoms with Crippen LogP contribution in [0.15, 0.2) is 213 Å². The summed E-state index contributed by atoms with van der Waals surface area (Å²) in [4.78, 5) is 63.5. The van der Waals surface area contributed by atoms with Gasteiger partial charge >= 0.3 is 23.9 Å². The summed E-state index contributed by atoms with van der Waals surface area (Å²) in [5, 5.41) is 18.9. The second kappa shape index (κ2) is 44.0. The molecule has 2 heterocycles. The molecule has 2 N–H and O–H groups in total. The van der Waals surface area contributed by atoms with E-state index in [0.29, 0.717) is 52.4 Å². The Morgan fingerprint density at radius 3 is 1.00 bits per heavy atom. The maximum absolute atomic E-state index is 13.8. The van der Waals surface area contributed by atoms with Crippen molar-refractivity contribution in [2.24, 2.45) is 10.8 Å². The number of hydrogen-bond donors (Lipinski definition) is 2. The van der Waals surface area contributed by atoms with Crippen molar-refractivity contribution in [3.05, 3.63) is 213 Å². The van der Waals surface area contributed by atoms with Crippen molar-refractivity contribution in [2.75, 3.05) is 105 Å². The van der Waals surface area contributed by atoms with Crippen LogP contribution in [0.3, 0.4) is 0 Å². The van der Waals surface area contributed by atoms with Gasteiger partial charge in [-0.1, -0.05) is 218 Å². The number of β-amino-alcohol motifs (C(OH)–C–C–N with tert-alkyl or cyclic N) is 2. The van der Waals surface area contributed by atoms with E-state index < -0.39 is 49.3 Å². The van der Waals surface area contributed by atoms with Gasteiger partial charge in [-0.05, 0) is 130 Å². The number of aliphatic hydroxyl groups is 2. The lowest BCUT2D eigenvalue weighted by Crippen LogP contribution is -2.48. The molecule has 0 aromatic rings. The molecule has 2 aliphatic carbocycles. The Balaban J connectivity index is 1.46. The molecule has 2 fully saturated rings. The second-order valence-electron chi connectivity index (χ2n) is 27.5. The summed E-state index contributed by atoms with van der Waals surface area (Å²) in [5.74, 6) is -2.58. The van der Waals surface area contributed by atoms with Gasteiger partial charge in [0, 0.05) is 89.7 Å². The molecule has 14 heteroatoms. The topological polar surface area (TPSA) is 159 Å². The molecule has 96 heavy (non-hydrogen) atoms. The lowest BCUT2D eigenvalue weighted by Gasteiger charge is -2.34. The fourth-order valence-corrected chi connectivity index (χ4v) is 11.8. The highest BCUT2D eigenvalue weighted by molar-refractivity contribution is 5.88. The van der Waals surface area contributed by atoms with E-state index in [2.05, 4.69) is 150 Å². The first kappa shape index (κ1) is 81.4. The first-order chi connectivity index (χ1) is 45.8. The molecule has 2 saturated heterocycles. The predicted octanol–water partition coefficient (Wildman–Crippen LogP) is 15.0. The van der Waals surface area contributed by atoms with Gasteiger partial charge in [0.1, 0.15) is 13.2 Å². The molecule has 14 nitrogen and oxygen atoms in total. The first-order valence-corrected chi connectivity index (χ1v) is 34.8. The van der Waals surface area contributed by atoms with E-state index >= 15 is 0 Å². The molecule has 0 amide bonds. The zero-order valence-electron chi connectivity index (χ0n) is 60.9. The standard InChI is InChI=1S/C82H118N4O10/c1-63(29-19-31-67(5)39-41-73-69(7)37-23-45-81(73,11)12)25-15-17-27-65(3)33-21-35-71(9)79(91)93-61-75(95-77(89)43-47-83-49-53-85(54-50-83)57-59-87)76(96-78(90)44-48-84-51-55-86(56-52-84)58-60-88)62-94-80(92)72(10)36-22-34-66(4)28-18-16-26-64(2)30-20-32-68(6)40-42-74-70(8)38-24-46-82(74,13)14/h15-22,25-36,39-42,75-76,87-88H,23-24,37-38,43-62H2,1-14H3/b17-15+,18-16?,29-19+,30-20?,33-21+,34-22?,41-39+,42-40?,63-25+,64-26?,65-27+,66-28?,67-31+,68-32?,71-35-,72-36?/t75-,76+/m1/s1. The highest BCUT2D eigenvalue weighted by Gasteiger charge is 2.34. The minimum Gasteiger partial charge on any atom is -0.458 e. The molecular formula is C82H118N4O10. The number of piperazine rings is 2. The van der Waals surface area contributed by atoms with Gasteiger partial charge in [0.2, 0.25) is 0 Å². The largest absolute Gasteiger partial charge is 0.458 e. The van der Waals surface area contributed by atoms with Crippen molar-refractivity contribution in [3.8, 4) is 0 Å². The molecule has 2 aliphatic heterocycles. The van der Waals surface area contributed by atoms with Crippen LogP contribution >= 0.6 is 0 Å². The second-order valence-corrected chi connectivity index (χ2v) is 27.5. The number of nitrogens with zero attached hydrogens (tertiary/aromatic N) is 4. The summed E-state index contributed by atoms with van der Waals surface area (Å²) in [6, 6.07) is 0. The van der Waals surface area contributed by atoms with E-state index in [-0.39, 0.29) is 48.0 Å². The molecule has 0 bridgehead atoms. The normalized spacial score (nSPS) is 20.3. The first-order valence-electron chi connectivity index (χ1n) is 34.8. The molecule has 0 unspecified atom stereocenters. The van der Waals surface area contributed by atoms with Crippen LogP contribution in [0.4, 0.5) is 0 Å². The minimum atomic E-state index is -1.34. The van der Waals surface area contributed by atoms with E-state index in [4.69, 9.17) is 18.9 Å². The van der Waals surface area contributed by atoms with Crippen molar-refractivity contribution in [1.82, 2.24) is 19.6 Å². The Morgan fingerprint density at radius 1 is 0.417 bits per heavy atom. The van der Waals surface area contributed by atoms with Crippen molar-refractivity contribution >= 4 is 23.9 Å². The van der Waals surface area contributed by atoms with E-state index in [0.717, 1.165) is 48.5 Å². The number of hydrogen-bond acceptors (Lipinski definition) is 14. The number of rotatable bonds is 35. The summed E-state index contributed by atoms with van der Waals surface area (Å²) in [5.41, 5.74) is 13.3. The summed E-state index contributed by atoms with van der Waals surface area (Å²) >= 11 is 0. The van der Waals surface area contributed by atoms with Gasteiger partial charge in [-0.25, -0.2) is 9.59 Å². The smallest absolute Gasteiger partial charge is 0.333 e. The van der Waals surface area contributed by atoms with Crippen LogP contribution in [-0.4, -0.2) is 171 Å². The van der Waals surface area contributed by atoms with Crippen molar-refractivity contribution in [3.63, 3.8) is 0 Å². The summed E-state index contributed by atoms with van der Waals surface area (Å²) in [6.45, 7) is 36.3. The lowest BCUT2D eigenvalue weighted by atomic mass is 9.72. The molecular weight excluding hydrogens is 1200 g/mol. The fraction of sp³-hybridized carbons (Fsp3) is 0.512. The predicted molar refractivity (Wildman–Crippen MR) is 395 cm³/mol. The molecule has 4 rings (SSSR count). The Labute approximate surface area is 578 Å². The van der Waals surface area contributed by atoms with Crippen molar-refractivity contribution < 1.29 is 48.3 Å². The van der Waals surface area contributed by atoms with Crippen LogP contribution < -0.4 is 0 Å². The van der Waals surface area contributed by atoms with Gasteiger partial charge in [-0.2, -0.15) is 0 Å². The summed E-state index contributed by atoms with van der Waals surface area (Å²) < 4.78 is 23.7. The molecule has 0 aromatic heterocycles. The highest BCUT2D eigenvalue weighted by Crippen LogP contribution is 2.42. The van der Waals surface area contributed by atoms with Crippen LogP contribution in [-0.2, 0) is 38.1 Å². The SMILES string of the molecule is CC(C=CC=C(C)C=CC1=C(C)CCCC1(C)C)=CC=CC=C(C)C=CC=C(C)C(=O)OC[C@H](OC(=O)CCN1CCN(CCO)CC1)[C@@H](COC(=O)\C(C)=C/C=C/C(C)=C/C=C/C=C(C)/C=C/C=C(C)/C=C/C1=C(C)CCCC1(C)C)OC(=O)CCN1CCN(CCO)CC1. The average molecular weight is 1320 g/mol. The van der Waals surface area contributed by atoms with Crippen molar-refractivity contribution in [2.45, 2.75) is 161 Å². The third kappa shape index (κ3) is 32.3. The third-order valence-corrected chi connectivity index (χ3v) is 18.0. The summed E-state index contributed by atoms with van der Waals surface area (Å²) in [7, 11) is 0. The van der Waals surface area contributed by atoms with Crippen LogP contribution in [0, 0.1) is 10.8 Å². The molecule has 0 spiro atoms. The van der Waals surface area contributed by atoms with Gasteiger partial charge in [0.05, 0.1) is 26.1 Å². The minimum absolute atomic E-state index is 0.00214. The van der Waals surface area contributed by atoms with Crippen LogP contribution in [0.5, 0.6) is 0 Å². The number of aliphatic hydroxyl groups excluding tert-OH is 2. The monoisotopic (exact) mass is 1320 g/mol. The van der Waals surface area contributed by atoms with Gasteiger partial charge in [-0.15, -0.1) is 0 Å². The number of allylic oxidation sites excluding steroid dienone is 34. The molecule has 0 radical (unpaired) electrons. The van der Waals surface area contributed by atoms with E-state index in [1.807, 2.05) is 74.6 Å². The highest BCUT2D eigenvalue weighted by atomic mass is 16.6. The van der Waals surface area contributed by atoms with E-state index in [9.17, 15) is 29.4 Å². The number of esters is 4. The summed E-state index contributed by atoms with van der Waals surface area (Å²) in [6.07, 6.45) is 52.6. The number of carbonyl (C=O) groups is 4. The lowest BCUT2D eigenvalue weighted by molar-refractivity contribution is -0.181. The van der Waals surface area contributed by atoms with E-state index in [1.165, 1.54) is 72.0 Å². The third-order valence-electron chi connectivity index (χ3n) is 18.0. The van der Waals surface area contributed by atoms with Gasteiger partial charge in [0.25, 0.3) is 0 Å². The van der Waals surface area contributed by atoms with Gasteiger partial charge in [-0.3, -0.25) is 19.4 Å². The zero-order chi connectivity index (χ0) is 70.5. The van der Waals surface area contributed by atoms with Crippen LogP contribution in [0.25, 0.3) is 0 Å². The quantitative estimate of drug-likeness (QED) is 0.0267. The maximum Gasteiger partial charge on any atom is 0.333 e. The molecule has 2 atom stereocenters. The van der Waals surface area contributed by atoms with Gasteiger partial charge < -0.3 is 39.0 Å². The molecule has 0 saturated carbocycles. The zero-order valence-corrected chi connectivity index (χ0v) is 60.9.